The molecule has 0 unspecified atom stereocenters. The molecule has 0 saturated heterocycles. The number of hydrogen-bond donors (Lipinski definition) is 1. The van der Waals surface area contributed by atoms with E-state index in [1.165, 1.54) is 11.3 Å². The minimum absolute atomic E-state index is 0.0831. The molecule has 15 heavy (non-hydrogen) atoms. The number of thiophene rings is 1. The van der Waals surface area contributed by atoms with E-state index in [1.807, 2.05) is 13.0 Å². The Morgan fingerprint density at radius 3 is 2.93 bits per heavy atom. The van der Waals surface area contributed by atoms with Crippen molar-refractivity contribution in [3.8, 4) is 6.07 Å². The molecule has 4 nitrogen and oxygen atoms in total. The van der Waals surface area contributed by atoms with Gasteiger partial charge in [-0.15, -0.1) is 11.3 Å². The van der Waals surface area contributed by atoms with Gasteiger partial charge in [-0.2, -0.15) is 5.26 Å². The van der Waals surface area contributed by atoms with E-state index in [4.69, 9.17) is 11.0 Å². The summed E-state index contributed by atoms with van der Waals surface area (Å²) in [5, 5.41) is 10.3. The molecule has 0 aliphatic rings. The van der Waals surface area contributed by atoms with Crippen molar-refractivity contribution in [2.24, 2.45) is 0 Å². The summed E-state index contributed by atoms with van der Waals surface area (Å²) in [5.41, 5.74) is 6.17. The normalized spacial score (nSPS) is 9.60. The lowest BCUT2D eigenvalue weighted by molar-refractivity contribution is 0.0773. The van der Waals surface area contributed by atoms with Crippen molar-refractivity contribution < 1.29 is 4.79 Å². The Kier molecular flexibility index (Phi) is 4.13. The average Bonchev–Trinajstić information content (AvgIpc) is 2.65. The van der Waals surface area contributed by atoms with Crippen molar-refractivity contribution >= 4 is 22.9 Å². The number of carbonyl (C=O) groups excluding carboxylic acids is 1. The summed E-state index contributed by atoms with van der Waals surface area (Å²) in [6, 6.07) is 3.74. The van der Waals surface area contributed by atoms with Crippen LogP contribution in [-0.2, 0) is 0 Å². The highest BCUT2D eigenvalue weighted by Crippen LogP contribution is 2.20. The highest BCUT2D eigenvalue weighted by molar-refractivity contribution is 7.12. The number of nitrogen functional groups attached to an aromatic ring is 1. The van der Waals surface area contributed by atoms with Gasteiger partial charge in [-0.25, -0.2) is 0 Å². The van der Waals surface area contributed by atoms with Crippen LogP contribution in [-0.4, -0.2) is 23.9 Å². The lowest BCUT2D eigenvalue weighted by Gasteiger charge is -2.18. The molecule has 0 bridgehead atoms. The lowest BCUT2D eigenvalue weighted by atomic mass is 10.3. The molecule has 1 heterocycles. The zero-order valence-corrected chi connectivity index (χ0v) is 9.38. The minimum atomic E-state index is -0.0831. The van der Waals surface area contributed by atoms with Crippen molar-refractivity contribution in [3.63, 3.8) is 0 Å². The van der Waals surface area contributed by atoms with Crippen LogP contribution in [0.25, 0.3) is 0 Å². The van der Waals surface area contributed by atoms with Gasteiger partial charge in [0.2, 0.25) is 0 Å². The number of nitrogens with zero attached hydrogens (tertiary/aromatic N) is 2. The van der Waals surface area contributed by atoms with E-state index in [2.05, 4.69) is 0 Å². The summed E-state index contributed by atoms with van der Waals surface area (Å²) >= 11 is 1.34. The molecule has 0 radical (unpaired) electrons. The third kappa shape index (κ3) is 2.70. The van der Waals surface area contributed by atoms with Gasteiger partial charge in [0, 0.05) is 13.1 Å². The predicted molar refractivity (Wildman–Crippen MR) is 60.5 cm³/mol. The Bertz CT molecular complexity index is 380. The van der Waals surface area contributed by atoms with Crippen molar-refractivity contribution in [2.45, 2.75) is 13.3 Å². The number of amides is 1. The second-order valence-corrected chi connectivity index (χ2v) is 3.91. The molecular formula is C10H13N3OS. The molecule has 0 atom stereocenters. The predicted octanol–water partition coefficient (Wildman–Crippen LogP) is 1.71. The van der Waals surface area contributed by atoms with Crippen LogP contribution in [0.1, 0.15) is 23.0 Å². The number of nitriles is 1. The molecule has 1 aromatic heterocycles. The van der Waals surface area contributed by atoms with Crippen LogP contribution in [0.4, 0.5) is 5.69 Å². The molecule has 2 N–H and O–H groups in total. The van der Waals surface area contributed by atoms with E-state index in [9.17, 15) is 4.79 Å². The Balaban J connectivity index is 2.74. The second kappa shape index (κ2) is 5.37. The number of hydrogen-bond acceptors (Lipinski definition) is 4. The zero-order valence-electron chi connectivity index (χ0n) is 8.56. The van der Waals surface area contributed by atoms with Crippen LogP contribution in [0.3, 0.4) is 0 Å². The number of nitrogens with two attached hydrogens (primary N) is 1. The monoisotopic (exact) mass is 223 g/mol. The van der Waals surface area contributed by atoms with Gasteiger partial charge in [0.1, 0.15) is 4.88 Å². The first-order valence-electron chi connectivity index (χ1n) is 4.69. The Hall–Kier alpha value is -1.54. The number of rotatable bonds is 4. The van der Waals surface area contributed by atoms with Crippen LogP contribution >= 0.6 is 11.3 Å². The standard InChI is InChI=1S/C10H13N3OS/c1-2-13(6-3-5-11)10(14)9-8(12)4-7-15-9/h4,7H,2-3,6,12H2,1H3. The molecule has 1 aromatic rings. The van der Waals surface area contributed by atoms with Crippen molar-refractivity contribution in [1.82, 2.24) is 4.90 Å². The topological polar surface area (TPSA) is 70.1 Å². The maximum absolute atomic E-state index is 11.9. The van der Waals surface area contributed by atoms with Crippen molar-refractivity contribution in [1.29, 1.82) is 5.26 Å². The molecule has 0 saturated carbocycles. The van der Waals surface area contributed by atoms with Crippen LogP contribution in [0.5, 0.6) is 0 Å². The fraction of sp³-hybridized carbons (Fsp3) is 0.400. The molecule has 80 valence electrons. The summed E-state index contributed by atoms with van der Waals surface area (Å²) in [6.07, 6.45) is 0.352. The van der Waals surface area contributed by atoms with Crippen LogP contribution in [0.2, 0.25) is 0 Å². The lowest BCUT2D eigenvalue weighted by Crippen LogP contribution is -2.31. The fourth-order valence-corrected chi connectivity index (χ4v) is 2.01. The highest BCUT2D eigenvalue weighted by Gasteiger charge is 2.17. The molecule has 1 amide bonds. The number of anilines is 1. The molecule has 0 fully saturated rings. The second-order valence-electron chi connectivity index (χ2n) is 3.00. The van der Waals surface area contributed by atoms with Gasteiger partial charge in [-0.05, 0) is 18.4 Å². The first-order chi connectivity index (χ1) is 7.20. The first-order valence-corrected chi connectivity index (χ1v) is 5.57. The molecule has 0 aromatic carbocycles. The molecule has 5 heteroatoms. The van der Waals surface area contributed by atoms with E-state index in [1.54, 1.807) is 16.3 Å². The summed E-state index contributed by atoms with van der Waals surface area (Å²) in [7, 11) is 0. The van der Waals surface area contributed by atoms with Crippen LogP contribution in [0.15, 0.2) is 11.4 Å². The summed E-state index contributed by atoms with van der Waals surface area (Å²) < 4.78 is 0. The Morgan fingerprint density at radius 1 is 1.73 bits per heavy atom. The quantitative estimate of drug-likeness (QED) is 0.844. The van der Waals surface area contributed by atoms with E-state index in [0.29, 0.717) is 30.1 Å². The van der Waals surface area contributed by atoms with Gasteiger partial charge in [0.05, 0.1) is 18.2 Å². The van der Waals surface area contributed by atoms with Gasteiger partial charge < -0.3 is 10.6 Å². The van der Waals surface area contributed by atoms with Gasteiger partial charge in [0.15, 0.2) is 0 Å². The maximum atomic E-state index is 11.9. The molecular weight excluding hydrogens is 210 g/mol. The van der Waals surface area contributed by atoms with Gasteiger partial charge >= 0.3 is 0 Å². The molecule has 0 aliphatic heterocycles. The SMILES string of the molecule is CCN(CCC#N)C(=O)c1sccc1N. The summed E-state index contributed by atoms with van der Waals surface area (Å²) in [4.78, 5) is 14.1. The molecule has 0 aliphatic carbocycles. The van der Waals surface area contributed by atoms with Gasteiger partial charge in [-0.3, -0.25) is 4.79 Å². The van der Waals surface area contributed by atoms with Crippen LogP contribution < -0.4 is 5.73 Å². The molecule has 0 spiro atoms. The van der Waals surface area contributed by atoms with E-state index in [-0.39, 0.29) is 5.91 Å². The van der Waals surface area contributed by atoms with Crippen LogP contribution in [0, 0.1) is 11.3 Å². The first kappa shape index (κ1) is 11.5. The highest BCUT2D eigenvalue weighted by atomic mass is 32.1. The van der Waals surface area contributed by atoms with Crippen molar-refractivity contribution in [3.05, 3.63) is 16.3 Å². The average molecular weight is 223 g/mol. The van der Waals surface area contributed by atoms with Crippen molar-refractivity contribution in [2.75, 3.05) is 18.8 Å². The van der Waals surface area contributed by atoms with E-state index >= 15 is 0 Å². The largest absolute Gasteiger partial charge is 0.397 e. The Labute approximate surface area is 92.9 Å². The minimum Gasteiger partial charge on any atom is -0.397 e. The van der Waals surface area contributed by atoms with E-state index in [0.717, 1.165) is 0 Å². The third-order valence-electron chi connectivity index (χ3n) is 2.05. The Morgan fingerprint density at radius 2 is 2.47 bits per heavy atom. The van der Waals surface area contributed by atoms with Gasteiger partial charge in [-0.1, -0.05) is 0 Å². The maximum Gasteiger partial charge on any atom is 0.266 e. The fourth-order valence-electron chi connectivity index (χ4n) is 1.22. The smallest absolute Gasteiger partial charge is 0.266 e. The summed E-state index contributed by atoms with van der Waals surface area (Å²) in [5.74, 6) is -0.0831. The number of carbonyl (C=O) groups is 1. The zero-order chi connectivity index (χ0) is 11.3. The van der Waals surface area contributed by atoms with Gasteiger partial charge in [0.25, 0.3) is 5.91 Å². The van der Waals surface area contributed by atoms with E-state index < -0.39 is 0 Å². The molecule has 1 rings (SSSR count). The summed E-state index contributed by atoms with van der Waals surface area (Å²) in [6.45, 7) is 2.94. The third-order valence-corrected chi connectivity index (χ3v) is 2.97.